The maximum atomic E-state index is 12.3. The third-order valence-electron chi connectivity index (χ3n) is 5.29. The predicted octanol–water partition coefficient (Wildman–Crippen LogP) is 5.22. The second-order valence-corrected chi connectivity index (χ2v) is 10.4. The van der Waals surface area contributed by atoms with Gasteiger partial charge in [0.05, 0.1) is 47.8 Å². The van der Waals surface area contributed by atoms with Crippen LogP contribution < -0.4 is 0 Å². The van der Waals surface area contributed by atoms with Crippen LogP contribution >= 0.6 is 0 Å². The highest BCUT2D eigenvalue weighted by molar-refractivity contribution is 5.93. The van der Waals surface area contributed by atoms with Crippen molar-refractivity contribution >= 4 is 11.9 Å². The van der Waals surface area contributed by atoms with Gasteiger partial charge in [0.2, 0.25) is 0 Å². The predicted molar refractivity (Wildman–Crippen MR) is 138 cm³/mol. The van der Waals surface area contributed by atoms with Gasteiger partial charge in [-0.1, -0.05) is 0 Å². The summed E-state index contributed by atoms with van der Waals surface area (Å²) in [7, 11) is 0. The molecule has 0 radical (unpaired) electrons. The molecular weight excluding hydrogens is 464 g/mol. The Balaban J connectivity index is 2.32. The molecule has 8 nitrogen and oxygen atoms in total. The Bertz CT molecular complexity index is 703. The molecule has 0 amide bonds. The number of hydrogen-bond acceptors (Lipinski definition) is 8. The van der Waals surface area contributed by atoms with E-state index in [1.165, 1.54) is 0 Å². The van der Waals surface area contributed by atoms with Crippen molar-refractivity contribution in [3.05, 3.63) is 35.4 Å². The lowest BCUT2D eigenvalue weighted by molar-refractivity contribution is -0.0610. The fourth-order valence-electron chi connectivity index (χ4n) is 3.04. The number of hydrogen-bond donors (Lipinski definition) is 0. The molecule has 0 bridgehead atoms. The molecule has 36 heavy (non-hydrogen) atoms. The summed E-state index contributed by atoms with van der Waals surface area (Å²) in [6.07, 6.45) is 1.85. The molecule has 206 valence electrons. The molecule has 1 rings (SSSR count). The number of carbonyl (C=O) groups excluding carboxylic acids is 2. The minimum Gasteiger partial charge on any atom is -0.460 e. The minimum atomic E-state index is -0.475. The van der Waals surface area contributed by atoms with E-state index in [1.54, 1.807) is 24.3 Å². The summed E-state index contributed by atoms with van der Waals surface area (Å²) in [6, 6.07) is 6.17. The van der Waals surface area contributed by atoms with Crippen LogP contribution in [-0.4, -0.2) is 75.0 Å². The molecule has 1 aromatic rings. The average Bonchev–Trinajstić information content (AvgIpc) is 2.78. The third kappa shape index (κ3) is 14.5. The van der Waals surface area contributed by atoms with Crippen molar-refractivity contribution in [1.29, 1.82) is 0 Å². The zero-order valence-electron chi connectivity index (χ0n) is 23.4. The lowest BCUT2D eigenvalue weighted by atomic mass is 10.1. The molecule has 0 spiro atoms. The van der Waals surface area contributed by atoms with Crippen LogP contribution in [0.25, 0.3) is 0 Å². The number of benzene rings is 1. The maximum Gasteiger partial charge on any atom is 0.338 e. The summed E-state index contributed by atoms with van der Waals surface area (Å²) >= 11 is 0. The molecule has 0 unspecified atom stereocenters. The number of rotatable bonds is 18. The first kappa shape index (κ1) is 32.0. The highest BCUT2D eigenvalue weighted by Gasteiger charge is 2.20. The number of esters is 2. The highest BCUT2D eigenvalue weighted by Crippen LogP contribution is 2.16. The quantitative estimate of drug-likeness (QED) is 0.196. The second-order valence-electron chi connectivity index (χ2n) is 10.4. The Morgan fingerprint density at radius 1 is 0.611 bits per heavy atom. The monoisotopic (exact) mass is 510 g/mol. The molecule has 0 fully saturated rings. The molecule has 0 aliphatic carbocycles. The zero-order valence-corrected chi connectivity index (χ0v) is 23.4. The van der Waals surface area contributed by atoms with Crippen LogP contribution in [0.4, 0.5) is 0 Å². The minimum absolute atomic E-state index is 0.136. The van der Waals surface area contributed by atoms with Gasteiger partial charge in [0.1, 0.15) is 13.2 Å². The Labute approximate surface area is 216 Å². The van der Waals surface area contributed by atoms with Crippen LogP contribution in [0.15, 0.2) is 24.3 Å². The summed E-state index contributed by atoms with van der Waals surface area (Å²) in [5.74, 6) is -0.951. The smallest absolute Gasteiger partial charge is 0.338 e. The van der Waals surface area contributed by atoms with Crippen LogP contribution in [-0.2, 0) is 28.4 Å². The van der Waals surface area contributed by atoms with E-state index >= 15 is 0 Å². The molecule has 0 saturated carbocycles. The van der Waals surface area contributed by atoms with E-state index in [-0.39, 0.29) is 49.8 Å². The van der Waals surface area contributed by atoms with Gasteiger partial charge in [0, 0.05) is 13.2 Å². The van der Waals surface area contributed by atoms with E-state index in [0.29, 0.717) is 24.3 Å². The fourth-order valence-corrected chi connectivity index (χ4v) is 3.04. The normalized spacial score (nSPS) is 12.3. The summed E-state index contributed by atoms with van der Waals surface area (Å²) < 4.78 is 33.3. The van der Waals surface area contributed by atoms with Crippen molar-refractivity contribution in [2.75, 3.05) is 39.6 Å². The van der Waals surface area contributed by atoms with Crippen molar-refractivity contribution < 1.29 is 38.0 Å². The van der Waals surface area contributed by atoms with Gasteiger partial charge >= 0.3 is 11.9 Å². The van der Waals surface area contributed by atoms with Gasteiger partial charge in [-0.05, 0) is 92.5 Å². The Morgan fingerprint density at radius 3 is 1.25 bits per heavy atom. The van der Waals surface area contributed by atoms with Crippen molar-refractivity contribution in [1.82, 2.24) is 0 Å². The van der Waals surface area contributed by atoms with Crippen LogP contribution in [0.5, 0.6) is 0 Å². The number of ether oxygens (including phenoxy) is 6. The lowest BCUT2D eigenvalue weighted by Gasteiger charge is -2.25. The molecule has 0 aliphatic heterocycles. The Hall–Kier alpha value is -2.00. The van der Waals surface area contributed by atoms with E-state index in [4.69, 9.17) is 28.4 Å². The fraction of sp³-hybridized carbons (Fsp3) is 0.714. The summed E-state index contributed by atoms with van der Waals surface area (Å²) in [5.41, 5.74) is -0.0341. The van der Waals surface area contributed by atoms with E-state index in [0.717, 1.165) is 12.8 Å². The van der Waals surface area contributed by atoms with Crippen molar-refractivity contribution in [3.8, 4) is 0 Å². The topological polar surface area (TPSA) is 89.5 Å². The molecule has 1 aromatic carbocycles. The van der Waals surface area contributed by atoms with Crippen molar-refractivity contribution in [2.24, 2.45) is 0 Å². The molecule has 0 atom stereocenters. The molecule has 8 heteroatoms. The Kier molecular flexibility index (Phi) is 14.2. The average molecular weight is 511 g/mol. The van der Waals surface area contributed by atoms with E-state index in [1.807, 2.05) is 55.4 Å². The molecular formula is C28H46O8. The standard InChI is InChI=1S/C28H46O8/c1-21(2)31-15-13-27(5,6)35-19-17-33-25(29)23-9-11-24(12-10-23)26(30)34-18-20-36-28(7,8)14-16-32-22(3)4/h9-12,21-22H,13-20H2,1-8H3. The summed E-state index contributed by atoms with van der Waals surface area (Å²) in [5, 5.41) is 0. The van der Waals surface area contributed by atoms with Crippen molar-refractivity contribution in [3.63, 3.8) is 0 Å². The van der Waals surface area contributed by atoms with E-state index in [2.05, 4.69) is 0 Å². The first-order valence-corrected chi connectivity index (χ1v) is 12.8. The van der Waals surface area contributed by atoms with Crippen LogP contribution in [0.1, 0.15) is 88.9 Å². The molecule has 0 N–H and O–H groups in total. The second kappa shape index (κ2) is 16.0. The largest absolute Gasteiger partial charge is 0.460 e. The van der Waals surface area contributed by atoms with Crippen LogP contribution in [0.3, 0.4) is 0 Å². The van der Waals surface area contributed by atoms with Gasteiger partial charge in [0.15, 0.2) is 0 Å². The molecule has 0 aliphatic rings. The first-order valence-electron chi connectivity index (χ1n) is 12.8. The summed E-state index contributed by atoms with van der Waals surface area (Å²) in [4.78, 5) is 24.6. The molecule has 0 saturated heterocycles. The van der Waals surface area contributed by atoms with Gasteiger partial charge in [-0.15, -0.1) is 0 Å². The van der Waals surface area contributed by atoms with Crippen LogP contribution in [0.2, 0.25) is 0 Å². The van der Waals surface area contributed by atoms with Gasteiger partial charge in [-0.3, -0.25) is 0 Å². The van der Waals surface area contributed by atoms with E-state index < -0.39 is 11.9 Å². The van der Waals surface area contributed by atoms with Crippen LogP contribution in [0, 0.1) is 0 Å². The molecule has 0 heterocycles. The van der Waals surface area contributed by atoms with Gasteiger partial charge in [-0.2, -0.15) is 0 Å². The molecule has 0 aromatic heterocycles. The van der Waals surface area contributed by atoms with Crippen molar-refractivity contribution in [2.45, 2.75) is 91.6 Å². The van der Waals surface area contributed by atoms with E-state index in [9.17, 15) is 9.59 Å². The summed E-state index contributed by atoms with van der Waals surface area (Å²) in [6.45, 7) is 17.9. The lowest BCUT2D eigenvalue weighted by Crippen LogP contribution is -2.29. The van der Waals surface area contributed by atoms with Gasteiger partial charge in [-0.25, -0.2) is 9.59 Å². The maximum absolute atomic E-state index is 12.3. The third-order valence-corrected chi connectivity index (χ3v) is 5.29. The highest BCUT2D eigenvalue weighted by atomic mass is 16.6. The SMILES string of the molecule is CC(C)OCCC(C)(C)OCCOC(=O)c1ccc(C(=O)OCCOC(C)(C)CCOC(C)C)cc1. The Morgan fingerprint density at radius 2 is 0.944 bits per heavy atom. The van der Waals surface area contributed by atoms with Gasteiger partial charge < -0.3 is 28.4 Å². The zero-order chi connectivity index (χ0) is 27.2. The van der Waals surface area contributed by atoms with Gasteiger partial charge in [0.25, 0.3) is 0 Å². The first-order chi connectivity index (χ1) is 16.8. The number of carbonyl (C=O) groups is 2.